The molecule has 10 nitrogen and oxygen atoms in total. The number of alkyl halides is 3. The first-order valence-corrected chi connectivity index (χ1v) is 17.8. The van der Waals surface area contributed by atoms with Crippen LogP contribution in [0.2, 0.25) is 0 Å². The van der Waals surface area contributed by atoms with Gasteiger partial charge in [0.25, 0.3) is 0 Å². The third kappa shape index (κ3) is 8.94. The van der Waals surface area contributed by atoms with Gasteiger partial charge in [0.1, 0.15) is 11.6 Å². The molecule has 2 N–H and O–H groups in total. The normalized spacial score (nSPS) is 21.1. The molecule has 0 aliphatic carbocycles. The van der Waals surface area contributed by atoms with Crippen LogP contribution in [0.25, 0.3) is 0 Å². The number of benzene rings is 2. The molecule has 49 heavy (non-hydrogen) atoms. The zero-order valence-corrected chi connectivity index (χ0v) is 27.9. The summed E-state index contributed by atoms with van der Waals surface area (Å²) in [7, 11) is -4.12. The Morgan fingerprint density at radius 1 is 1.04 bits per heavy atom. The molecular weight excluding hydrogens is 673 g/mol. The van der Waals surface area contributed by atoms with Crippen LogP contribution >= 0.6 is 0 Å². The van der Waals surface area contributed by atoms with E-state index in [0.717, 1.165) is 18.9 Å². The van der Waals surface area contributed by atoms with Crippen molar-refractivity contribution in [2.24, 2.45) is 5.92 Å². The summed E-state index contributed by atoms with van der Waals surface area (Å²) >= 11 is 0. The summed E-state index contributed by atoms with van der Waals surface area (Å²) in [4.78, 5) is 39.9. The zero-order valence-electron chi connectivity index (χ0n) is 27.1. The standard InChI is InChI=1S/C33H40F5N5O5S/c1-2-3-8-41-19-24(15-30(41)44)31(45)40-27(13-21-11-25(34)16-26(35)12-21)17-28-20-43(10-7-39-28)49(47,48)29-5-4-22-6-9-42(18-23(22)14-29)32(46)33(36,37)38/h4-5,11-12,14,16,24,27-28,39H,2-3,6-10,13,15,17-20H2,1H3,(H,40,45)/t24?,27?,28-/m0/s1. The van der Waals surface area contributed by atoms with Crippen molar-refractivity contribution < 1.29 is 44.8 Å². The molecule has 3 aliphatic rings. The van der Waals surface area contributed by atoms with Crippen molar-refractivity contribution in [1.82, 2.24) is 24.7 Å². The Morgan fingerprint density at radius 3 is 2.47 bits per heavy atom. The molecule has 3 atom stereocenters. The third-order valence-corrected chi connectivity index (χ3v) is 11.1. The third-order valence-electron chi connectivity index (χ3n) is 9.26. The Morgan fingerprint density at radius 2 is 1.78 bits per heavy atom. The van der Waals surface area contributed by atoms with E-state index in [-0.39, 0.29) is 81.7 Å². The second-order valence-corrected chi connectivity index (χ2v) is 14.9. The summed E-state index contributed by atoms with van der Waals surface area (Å²) in [5.74, 6) is -4.63. The SMILES string of the molecule is CCCCN1CC(C(=O)NC(Cc2cc(F)cc(F)c2)C[C@H]2CN(S(=O)(=O)c3ccc4c(c3)CN(C(=O)C(F)(F)F)CC4)CCN2)CC1=O. The highest BCUT2D eigenvalue weighted by atomic mass is 32.2. The zero-order chi connectivity index (χ0) is 35.5. The van der Waals surface area contributed by atoms with Crippen LogP contribution in [-0.4, -0.2) is 97.8 Å². The minimum absolute atomic E-state index is 0.0192. The van der Waals surface area contributed by atoms with Gasteiger partial charge in [0.2, 0.25) is 21.8 Å². The second-order valence-electron chi connectivity index (χ2n) is 12.9. The van der Waals surface area contributed by atoms with Gasteiger partial charge in [0, 0.05) is 70.4 Å². The molecule has 3 amide bonds. The lowest BCUT2D eigenvalue weighted by atomic mass is 9.97. The van der Waals surface area contributed by atoms with Crippen molar-refractivity contribution in [2.45, 2.75) is 75.1 Å². The maximum absolute atomic E-state index is 14.1. The first kappa shape index (κ1) is 36.6. The highest BCUT2D eigenvalue weighted by Gasteiger charge is 2.43. The monoisotopic (exact) mass is 713 g/mol. The molecule has 2 aromatic carbocycles. The van der Waals surface area contributed by atoms with Crippen LogP contribution in [0.1, 0.15) is 49.3 Å². The van der Waals surface area contributed by atoms with Crippen molar-refractivity contribution in [3.63, 3.8) is 0 Å². The molecule has 3 aliphatic heterocycles. The average Bonchev–Trinajstić information content (AvgIpc) is 3.42. The fourth-order valence-electron chi connectivity index (χ4n) is 6.75. The second kappa shape index (κ2) is 15.1. The number of hydrogen-bond donors (Lipinski definition) is 2. The number of carbonyl (C=O) groups excluding carboxylic acids is 3. The van der Waals surface area contributed by atoms with Gasteiger partial charge in [-0.2, -0.15) is 17.5 Å². The molecule has 2 saturated heterocycles. The minimum Gasteiger partial charge on any atom is -0.353 e. The summed E-state index contributed by atoms with van der Waals surface area (Å²) < 4.78 is 96.1. The number of piperazine rings is 1. The number of rotatable bonds is 11. The first-order valence-electron chi connectivity index (χ1n) is 16.4. The molecule has 0 bridgehead atoms. The van der Waals surface area contributed by atoms with E-state index in [1.54, 1.807) is 11.0 Å². The Hall–Kier alpha value is -3.63. The fourth-order valence-corrected chi connectivity index (χ4v) is 8.29. The molecule has 3 heterocycles. The predicted molar refractivity (Wildman–Crippen MR) is 168 cm³/mol. The smallest absolute Gasteiger partial charge is 0.353 e. The number of fused-ring (bicyclic) bond motifs is 1. The first-order chi connectivity index (χ1) is 23.1. The van der Waals surface area contributed by atoms with Crippen molar-refractivity contribution in [2.75, 3.05) is 39.3 Å². The van der Waals surface area contributed by atoms with E-state index in [1.165, 1.54) is 28.6 Å². The Bertz CT molecular complexity index is 1650. The van der Waals surface area contributed by atoms with Crippen LogP contribution in [0.3, 0.4) is 0 Å². The molecule has 0 aromatic heterocycles. The molecule has 5 rings (SSSR count). The van der Waals surface area contributed by atoms with Crippen molar-refractivity contribution >= 4 is 27.7 Å². The molecule has 2 unspecified atom stereocenters. The molecule has 16 heteroatoms. The summed E-state index contributed by atoms with van der Waals surface area (Å²) in [6.07, 6.45) is -2.90. The van der Waals surface area contributed by atoms with Gasteiger partial charge >= 0.3 is 12.1 Å². The average molecular weight is 714 g/mol. The lowest BCUT2D eigenvalue weighted by Gasteiger charge is -2.35. The topological polar surface area (TPSA) is 119 Å². The largest absolute Gasteiger partial charge is 0.471 e. The molecule has 268 valence electrons. The summed E-state index contributed by atoms with van der Waals surface area (Å²) in [6, 6.07) is 6.18. The van der Waals surface area contributed by atoms with E-state index >= 15 is 0 Å². The molecule has 2 fully saturated rings. The van der Waals surface area contributed by atoms with Crippen LogP contribution in [0.4, 0.5) is 22.0 Å². The van der Waals surface area contributed by atoms with Gasteiger partial charge in [-0.1, -0.05) is 19.4 Å². The number of likely N-dealkylation sites (tertiary alicyclic amines) is 1. The highest BCUT2D eigenvalue weighted by molar-refractivity contribution is 7.89. The lowest BCUT2D eigenvalue weighted by Crippen LogP contribution is -2.55. The Kier molecular flexibility index (Phi) is 11.3. The number of unbranched alkanes of at least 4 members (excludes halogenated alkanes) is 1. The molecular formula is C33H40F5N5O5S. The number of halogens is 5. The van der Waals surface area contributed by atoms with Crippen LogP contribution in [0, 0.1) is 17.6 Å². The minimum atomic E-state index is -5.04. The van der Waals surface area contributed by atoms with E-state index in [0.29, 0.717) is 28.1 Å². The van der Waals surface area contributed by atoms with Crippen LogP contribution in [-0.2, 0) is 43.8 Å². The number of nitrogens with zero attached hydrogens (tertiary/aromatic N) is 3. The number of amides is 3. The Labute approximate surface area is 282 Å². The van der Waals surface area contributed by atoms with Gasteiger partial charge in [0.05, 0.1) is 10.8 Å². The number of nitrogens with one attached hydrogen (secondary N) is 2. The summed E-state index contributed by atoms with van der Waals surface area (Å²) in [5.41, 5.74) is 1.27. The maximum atomic E-state index is 14.1. The molecule has 2 aromatic rings. The van der Waals surface area contributed by atoms with E-state index in [2.05, 4.69) is 10.6 Å². The fraction of sp³-hybridized carbons (Fsp3) is 0.545. The van der Waals surface area contributed by atoms with Crippen LogP contribution in [0.15, 0.2) is 41.3 Å². The summed E-state index contributed by atoms with van der Waals surface area (Å²) in [5, 5.41) is 6.21. The predicted octanol–water partition coefficient (Wildman–Crippen LogP) is 3.14. The van der Waals surface area contributed by atoms with Gasteiger partial charge in [-0.05, 0) is 66.6 Å². The maximum Gasteiger partial charge on any atom is 0.471 e. The van der Waals surface area contributed by atoms with Gasteiger partial charge < -0.3 is 20.4 Å². The number of carbonyl (C=O) groups is 3. The number of sulfonamides is 1. The van der Waals surface area contributed by atoms with Crippen molar-refractivity contribution in [3.8, 4) is 0 Å². The van der Waals surface area contributed by atoms with E-state index < -0.39 is 51.7 Å². The Balaban J connectivity index is 1.30. The highest BCUT2D eigenvalue weighted by Crippen LogP contribution is 2.28. The van der Waals surface area contributed by atoms with Gasteiger partial charge in [-0.3, -0.25) is 14.4 Å². The molecule has 0 radical (unpaired) electrons. The molecule has 0 saturated carbocycles. The van der Waals surface area contributed by atoms with Gasteiger partial charge in [-0.15, -0.1) is 0 Å². The van der Waals surface area contributed by atoms with Crippen molar-refractivity contribution in [1.29, 1.82) is 0 Å². The molecule has 0 spiro atoms. The summed E-state index contributed by atoms with van der Waals surface area (Å²) in [6.45, 7) is 2.64. The van der Waals surface area contributed by atoms with E-state index in [4.69, 9.17) is 0 Å². The van der Waals surface area contributed by atoms with Crippen LogP contribution in [0.5, 0.6) is 0 Å². The van der Waals surface area contributed by atoms with Gasteiger partial charge in [0.15, 0.2) is 0 Å². The quantitative estimate of drug-likeness (QED) is 0.346. The number of hydrogen-bond acceptors (Lipinski definition) is 6. The van der Waals surface area contributed by atoms with E-state index in [1.807, 2.05) is 6.92 Å². The van der Waals surface area contributed by atoms with Crippen LogP contribution < -0.4 is 10.6 Å². The lowest BCUT2D eigenvalue weighted by molar-refractivity contribution is -0.186. The van der Waals surface area contributed by atoms with E-state index in [9.17, 15) is 44.8 Å². The van der Waals surface area contributed by atoms with Crippen molar-refractivity contribution in [3.05, 3.63) is 64.7 Å². The van der Waals surface area contributed by atoms with Gasteiger partial charge in [-0.25, -0.2) is 17.2 Å².